The molecule has 0 fully saturated rings. The fraction of sp³-hybridized carbons (Fsp3) is 0.538. The normalized spacial score (nSPS) is 15.1. The van der Waals surface area contributed by atoms with Gasteiger partial charge in [-0.3, -0.25) is 4.21 Å². The number of hydrogen-bond donors (Lipinski definition) is 1. The summed E-state index contributed by atoms with van der Waals surface area (Å²) in [6, 6.07) is 3.89. The van der Waals surface area contributed by atoms with Crippen LogP contribution >= 0.6 is 0 Å². The molecule has 0 aliphatic carbocycles. The lowest BCUT2D eigenvalue weighted by Crippen LogP contribution is -2.20. The molecule has 1 atom stereocenters. The van der Waals surface area contributed by atoms with Gasteiger partial charge in [0, 0.05) is 35.9 Å². The van der Waals surface area contributed by atoms with Crippen LogP contribution in [0.5, 0.6) is 17.2 Å². The fourth-order valence-corrected chi connectivity index (χ4v) is 2.31. The van der Waals surface area contributed by atoms with Crippen molar-refractivity contribution in [3.63, 3.8) is 0 Å². The van der Waals surface area contributed by atoms with Crippen molar-refractivity contribution in [2.45, 2.75) is 6.54 Å². The minimum absolute atomic E-state index is 0.545. The van der Waals surface area contributed by atoms with Crippen LogP contribution in [-0.2, 0) is 17.3 Å². The molecule has 5 nitrogen and oxygen atoms in total. The largest absolute Gasteiger partial charge is 0.493 e. The lowest BCUT2D eigenvalue weighted by Gasteiger charge is -2.21. The van der Waals surface area contributed by atoms with Crippen LogP contribution in [0.3, 0.4) is 0 Å². The van der Waals surface area contributed by atoms with Crippen molar-refractivity contribution in [3.8, 4) is 17.2 Å². The van der Waals surface area contributed by atoms with E-state index in [1.807, 2.05) is 12.1 Å². The van der Waals surface area contributed by atoms with E-state index in [2.05, 4.69) is 5.32 Å². The van der Waals surface area contributed by atoms with Crippen LogP contribution in [0, 0.1) is 0 Å². The van der Waals surface area contributed by atoms with E-state index < -0.39 is 10.8 Å². The van der Waals surface area contributed by atoms with E-state index in [1.165, 1.54) is 0 Å². The summed E-state index contributed by atoms with van der Waals surface area (Å²) >= 11 is 0. The summed E-state index contributed by atoms with van der Waals surface area (Å²) in [4.78, 5) is 0. The average Bonchev–Trinajstić information content (AvgIpc) is 2.42. The van der Waals surface area contributed by atoms with E-state index in [-0.39, 0.29) is 0 Å². The van der Waals surface area contributed by atoms with Crippen molar-refractivity contribution < 1.29 is 18.4 Å². The third-order valence-electron chi connectivity index (χ3n) is 2.78. The highest BCUT2D eigenvalue weighted by molar-refractivity contribution is 7.84. The minimum Gasteiger partial charge on any atom is -0.493 e. The van der Waals surface area contributed by atoms with Crippen LogP contribution in [0.1, 0.15) is 5.56 Å². The number of benzene rings is 1. The Balaban J connectivity index is 2.02. The first-order chi connectivity index (χ1) is 9.20. The molecule has 1 heterocycles. The second kappa shape index (κ2) is 6.77. The lowest BCUT2D eigenvalue weighted by molar-refractivity contribution is 0.165. The summed E-state index contributed by atoms with van der Waals surface area (Å²) in [6.45, 7) is 2.51. The number of nitrogens with one attached hydrogen (secondary N) is 1. The number of ether oxygens (including phenoxy) is 3. The predicted octanol–water partition coefficient (Wildman–Crippen LogP) is 0.934. The Kier molecular flexibility index (Phi) is 5.04. The van der Waals surface area contributed by atoms with E-state index in [0.717, 1.165) is 17.9 Å². The molecule has 2 rings (SSSR count). The third kappa shape index (κ3) is 3.84. The quantitative estimate of drug-likeness (QED) is 0.788. The van der Waals surface area contributed by atoms with Crippen molar-refractivity contribution in [2.75, 3.05) is 38.9 Å². The summed E-state index contributed by atoms with van der Waals surface area (Å²) in [5, 5.41) is 3.25. The van der Waals surface area contributed by atoms with Crippen LogP contribution in [0.25, 0.3) is 0 Å². The topological polar surface area (TPSA) is 56.8 Å². The molecule has 19 heavy (non-hydrogen) atoms. The van der Waals surface area contributed by atoms with E-state index in [0.29, 0.717) is 37.0 Å². The molecular formula is C13H19NO4S. The van der Waals surface area contributed by atoms with E-state index in [1.54, 1.807) is 13.4 Å². The number of rotatable bonds is 6. The monoisotopic (exact) mass is 285 g/mol. The smallest absolute Gasteiger partial charge is 0.203 e. The zero-order chi connectivity index (χ0) is 13.7. The Hall–Kier alpha value is -1.27. The van der Waals surface area contributed by atoms with Gasteiger partial charge in [0.2, 0.25) is 5.75 Å². The standard InChI is InChI=1S/C13H19NO4S/c1-16-11-7-10(9-14-3-6-19(2)15)8-12-13(11)18-5-4-17-12/h7-8,14H,3-6,9H2,1-2H3. The SMILES string of the molecule is COc1cc(CNCCS(C)=O)cc2c1OCCO2. The van der Waals surface area contributed by atoms with Gasteiger partial charge in [0.05, 0.1) is 7.11 Å². The molecule has 0 saturated carbocycles. The molecule has 1 unspecified atom stereocenters. The first-order valence-corrected chi connectivity index (χ1v) is 7.90. The molecule has 0 bridgehead atoms. The molecule has 0 spiro atoms. The summed E-state index contributed by atoms with van der Waals surface area (Å²) in [5.41, 5.74) is 1.06. The molecule has 106 valence electrons. The van der Waals surface area contributed by atoms with Crippen molar-refractivity contribution in [2.24, 2.45) is 0 Å². The molecule has 1 N–H and O–H groups in total. The third-order valence-corrected chi connectivity index (χ3v) is 3.56. The van der Waals surface area contributed by atoms with Gasteiger partial charge in [-0.15, -0.1) is 0 Å². The molecular weight excluding hydrogens is 266 g/mol. The zero-order valence-corrected chi connectivity index (χ0v) is 12.0. The van der Waals surface area contributed by atoms with Gasteiger partial charge in [-0.25, -0.2) is 0 Å². The van der Waals surface area contributed by atoms with E-state index >= 15 is 0 Å². The van der Waals surface area contributed by atoms with Crippen molar-refractivity contribution in [1.29, 1.82) is 0 Å². The van der Waals surface area contributed by atoms with Gasteiger partial charge in [-0.1, -0.05) is 0 Å². The molecule has 1 aliphatic rings. The molecule has 6 heteroatoms. The highest BCUT2D eigenvalue weighted by Crippen LogP contribution is 2.40. The lowest BCUT2D eigenvalue weighted by atomic mass is 10.1. The van der Waals surface area contributed by atoms with E-state index in [4.69, 9.17) is 14.2 Å². The second-order valence-electron chi connectivity index (χ2n) is 4.28. The first kappa shape index (κ1) is 14.1. The van der Waals surface area contributed by atoms with Crippen LogP contribution < -0.4 is 19.5 Å². The van der Waals surface area contributed by atoms with Crippen LogP contribution in [0.2, 0.25) is 0 Å². The number of methoxy groups -OCH3 is 1. The summed E-state index contributed by atoms with van der Waals surface area (Å²) < 4.78 is 27.4. The highest BCUT2D eigenvalue weighted by atomic mass is 32.2. The minimum atomic E-state index is -0.763. The predicted molar refractivity (Wildman–Crippen MR) is 74.6 cm³/mol. The van der Waals surface area contributed by atoms with E-state index in [9.17, 15) is 4.21 Å². The van der Waals surface area contributed by atoms with Crippen LogP contribution in [-0.4, -0.2) is 43.1 Å². The van der Waals surface area contributed by atoms with Crippen molar-refractivity contribution in [3.05, 3.63) is 17.7 Å². The Morgan fingerprint density at radius 3 is 2.89 bits per heavy atom. The average molecular weight is 285 g/mol. The number of hydrogen-bond acceptors (Lipinski definition) is 5. The Labute approximate surface area is 115 Å². The molecule has 0 aromatic heterocycles. The van der Waals surface area contributed by atoms with Gasteiger partial charge in [0.25, 0.3) is 0 Å². The molecule has 0 amide bonds. The maximum Gasteiger partial charge on any atom is 0.203 e. The van der Waals surface area contributed by atoms with Gasteiger partial charge < -0.3 is 19.5 Å². The van der Waals surface area contributed by atoms with Gasteiger partial charge >= 0.3 is 0 Å². The van der Waals surface area contributed by atoms with Gasteiger partial charge in [-0.05, 0) is 17.7 Å². The summed E-state index contributed by atoms with van der Waals surface area (Å²) in [6.07, 6.45) is 1.70. The van der Waals surface area contributed by atoms with Crippen molar-refractivity contribution >= 4 is 10.8 Å². The van der Waals surface area contributed by atoms with Crippen molar-refractivity contribution in [1.82, 2.24) is 5.32 Å². The summed E-state index contributed by atoms with van der Waals surface area (Å²) in [7, 11) is 0.853. The highest BCUT2D eigenvalue weighted by Gasteiger charge is 2.18. The Bertz CT molecular complexity index is 447. The number of fused-ring (bicyclic) bond motifs is 1. The first-order valence-electron chi connectivity index (χ1n) is 6.18. The van der Waals surface area contributed by atoms with Crippen LogP contribution in [0.4, 0.5) is 0 Å². The maximum absolute atomic E-state index is 11.0. The van der Waals surface area contributed by atoms with Gasteiger partial charge in [0.15, 0.2) is 11.5 Å². The maximum atomic E-state index is 11.0. The molecule has 0 radical (unpaired) electrons. The second-order valence-corrected chi connectivity index (χ2v) is 5.83. The zero-order valence-electron chi connectivity index (χ0n) is 11.2. The summed E-state index contributed by atoms with van der Waals surface area (Å²) in [5.74, 6) is 2.74. The molecule has 0 saturated heterocycles. The Morgan fingerprint density at radius 2 is 2.16 bits per heavy atom. The van der Waals surface area contributed by atoms with Gasteiger partial charge in [0.1, 0.15) is 13.2 Å². The molecule has 1 aromatic rings. The van der Waals surface area contributed by atoms with Gasteiger partial charge in [-0.2, -0.15) is 0 Å². The Morgan fingerprint density at radius 1 is 1.37 bits per heavy atom. The molecule has 1 aliphatic heterocycles. The van der Waals surface area contributed by atoms with Crippen LogP contribution in [0.15, 0.2) is 12.1 Å². The fourth-order valence-electron chi connectivity index (χ4n) is 1.88. The molecule has 1 aromatic carbocycles.